The molecule has 0 aromatic heterocycles. The van der Waals surface area contributed by atoms with Gasteiger partial charge in [-0.1, -0.05) is 44.9 Å². The quantitative estimate of drug-likeness (QED) is 0.753. The van der Waals surface area contributed by atoms with E-state index in [1.165, 1.54) is 12.8 Å². The molecule has 18 heavy (non-hydrogen) atoms. The Morgan fingerprint density at radius 3 is 2.39 bits per heavy atom. The second kappa shape index (κ2) is 8.09. The molecule has 1 aromatic carbocycles. The van der Waals surface area contributed by atoms with Gasteiger partial charge < -0.3 is 10.6 Å². The van der Waals surface area contributed by atoms with Crippen LogP contribution in [0.2, 0.25) is 0 Å². The van der Waals surface area contributed by atoms with Gasteiger partial charge in [0.05, 0.1) is 0 Å². The molecule has 1 unspecified atom stereocenters. The van der Waals surface area contributed by atoms with Crippen molar-refractivity contribution in [2.24, 2.45) is 5.92 Å². The Kier molecular flexibility index (Phi) is 6.73. The fourth-order valence-electron chi connectivity index (χ4n) is 1.82. The zero-order valence-corrected chi connectivity index (χ0v) is 12.4. The molecule has 0 aliphatic heterocycles. The number of hydrogen-bond donors (Lipinski definition) is 2. The summed E-state index contributed by atoms with van der Waals surface area (Å²) in [6.45, 7) is 6.71. The molecule has 3 heteroatoms. The average molecular weight is 264 g/mol. The van der Waals surface area contributed by atoms with Crippen LogP contribution < -0.4 is 10.6 Å². The minimum absolute atomic E-state index is 0.424. The Morgan fingerprint density at radius 2 is 1.78 bits per heavy atom. The summed E-state index contributed by atoms with van der Waals surface area (Å²) in [5.74, 6) is 0.784. The van der Waals surface area contributed by atoms with Crippen molar-refractivity contribution in [3.05, 3.63) is 30.3 Å². The monoisotopic (exact) mass is 264 g/mol. The third kappa shape index (κ3) is 6.60. The van der Waals surface area contributed by atoms with Crippen LogP contribution in [0.15, 0.2) is 30.3 Å². The summed E-state index contributed by atoms with van der Waals surface area (Å²) in [5.41, 5.74) is 1.03. The molecule has 0 spiro atoms. The van der Waals surface area contributed by atoms with Gasteiger partial charge in [0, 0.05) is 11.7 Å². The SMILES string of the molecule is CC(C)CCCC(C)NC(=S)Nc1ccccc1. The number of rotatable bonds is 6. The summed E-state index contributed by atoms with van der Waals surface area (Å²) in [4.78, 5) is 0. The van der Waals surface area contributed by atoms with Crippen molar-refractivity contribution >= 4 is 23.0 Å². The molecule has 0 fully saturated rings. The highest BCUT2D eigenvalue weighted by molar-refractivity contribution is 7.80. The molecule has 0 bridgehead atoms. The smallest absolute Gasteiger partial charge is 0.170 e. The molecule has 0 saturated carbocycles. The maximum atomic E-state index is 5.29. The normalized spacial score (nSPS) is 12.2. The first kappa shape index (κ1) is 15.0. The third-order valence-electron chi connectivity index (χ3n) is 2.83. The van der Waals surface area contributed by atoms with Gasteiger partial charge in [0.25, 0.3) is 0 Å². The van der Waals surface area contributed by atoms with Crippen molar-refractivity contribution in [3.8, 4) is 0 Å². The highest BCUT2D eigenvalue weighted by Gasteiger charge is 2.04. The number of para-hydroxylation sites is 1. The molecule has 0 saturated heterocycles. The van der Waals surface area contributed by atoms with Crippen LogP contribution >= 0.6 is 12.2 Å². The summed E-state index contributed by atoms with van der Waals surface area (Å²) < 4.78 is 0. The standard InChI is InChI=1S/C15H24N2S/c1-12(2)8-7-9-13(3)16-15(18)17-14-10-5-4-6-11-14/h4-6,10-13H,7-9H2,1-3H3,(H2,16,17,18). The van der Waals surface area contributed by atoms with E-state index in [-0.39, 0.29) is 0 Å². The molecule has 2 N–H and O–H groups in total. The minimum atomic E-state index is 0.424. The summed E-state index contributed by atoms with van der Waals surface area (Å²) >= 11 is 5.29. The number of nitrogens with one attached hydrogen (secondary N) is 2. The first-order valence-corrected chi connectivity index (χ1v) is 7.11. The van der Waals surface area contributed by atoms with Crippen LogP contribution in [-0.4, -0.2) is 11.2 Å². The molecule has 0 aliphatic rings. The van der Waals surface area contributed by atoms with Crippen LogP contribution in [0.5, 0.6) is 0 Å². The molecular weight excluding hydrogens is 240 g/mol. The molecular formula is C15H24N2S. The third-order valence-corrected chi connectivity index (χ3v) is 3.05. The van der Waals surface area contributed by atoms with Crippen molar-refractivity contribution in [3.63, 3.8) is 0 Å². The van der Waals surface area contributed by atoms with Gasteiger partial charge in [0.2, 0.25) is 0 Å². The lowest BCUT2D eigenvalue weighted by atomic mass is 10.0. The Bertz CT molecular complexity index is 349. The molecule has 100 valence electrons. The van der Waals surface area contributed by atoms with E-state index in [9.17, 15) is 0 Å². The van der Waals surface area contributed by atoms with E-state index in [0.717, 1.165) is 18.0 Å². The predicted octanol–water partition coefficient (Wildman–Crippen LogP) is 4.19. The van der Waals surface area contributed by atoms with E-state index in [2.05, 4.69) is 31.4 Å². The van der Waals surface area contributed by atoms with Crippen LogP contribution in [0.1, 0.15) is 40.0 Å². The van der Waals surface area contributed by atoms with Gasteiger partial charge in [0.15, 0.2) is 5.11 Å². The molecule has 0 amide bonds. The zero-order valence-electron chi connectivity index (χ0n) is 11.6. The maximum absolute atomic E-state index is 5.29. The first-order chi connectivity index (χ1) is 8.58. The molecule has 0 heterocycles. The minimum Gasteiger partial charge on any atom is -0.360 e. The van der Waals surface area contributed by atoms with Crippen molar-refractivity contribution in [2.75, 3.05) is 5.32 Å². The highest BCUT2D eigenvalue weighted by Crippen LogP contribution is 2.09. The van der Waals surface area contributed by atoms with Crippen molar-refractivity contribution in [2.45, 2.75) is 46.1 Å². The van der Waals surface area contributed by atoms with Gasteiger partial charge in [-0.2, -0.15) is 0 Å². The maximum Gasteiger partial charge on any atom is 0.170 e. The van der Waals surface area contributed by atoms with Crippen LogP contribution in [0.25, 0.3) is 0 Å². The van der Waals surface area contributed by atoms with Gasteiger partial charge in [0.1, 0.15) is 0 Å². The Balaban J connectivity index is 2.23. The van der Waals surface area contributed by atoms with Gasteiger partial charge in [-0.3, -0.25) is 0 Å². The highest BCUT2D eigenvalue weighted by atomic mass is 32.1. The molecule has 1 rings (SSSR count). The van der Waals surface area contributed by atoms with Crippen LogP contribution in [-0.2, 0) is 0 Å². The molecule has 2 nitrogen and oxygen atoms in total. The average Bonchev–Trinajstić information content (AvgIpc) is 2.29. The molecule has 1 atom stereocenters. The number of benzene rings is 1. The Labute approximate surface area is 116 Å². The van der Waals surface area contributed by atoms with E-state index in [4.69, 9.17) is 12.2 Å². The van der Waals surface area contributed by atoms with Crippen LogP contribution in [0.4, 0.5) is 5.69 Å². The van der Waals surface area contributed by atoms with Gasteiger partial charge in [-0.15, -0.1) is 0 Å². The number of anilines is 1. The van der Waals surface area contributed by atoms with E-state index in [0.29, 0.717) is 11.2 Å². The Hall–Kier alpha value is -1.09. The van der Waals surface area contributed by atoms with Gasteiger partial charge >= 0.3 is 0 Å². The fourth-order valence-corrected chi connectivity index (χ4v) is 2.14. The topological polar surface area (TPSA) is 24.1 Å². The van der Waals surface area contributed by atoms with E-state index in [1.54, 1.807) is 0 Å². The van der Waals surface area contributed by atoms with Crippen molar-refractivity contribution in [1.29, 1.82) is 0 Å². The lowest BCUT2D eigenvalue weighted by Gasteiger charge is -2.17. The largest absolute Gasteiger partial charge is 0.360 e. The van der Waals surface area contributed by atoms with Gasteiger partial charge in [-0.25, -0.2) is 0 Å². The summed E-state index contributed by atoms with van der Waals surface area (Å²) in [5, 5.41) is 7.22. The number of hydrogen-bond acceptors (Lipinski definition) is 1. The van der Waals surface area contributed by atoms with Crippen LogP contribution in [0.3, 0.4) is 0 Å². The molecule has 1 aromatic rings. The van der Waals surface area contributed by atoms with Gasteiger partial charge in [-0.05, 0) is 43.6 Å². The Morgan fingerprint density at radius 1 is 1.11 bits per heavy atom. The first-order valence-electron chi connectivity index (χ1n) is 6.70. The second-order valence-electron chi connectivity index (χ2n) is 5.19. The summed E-state index contributed by atoms with van der Waals surface area (Å²) in [6.07, 6.45) is 3.69. The molecule has 0 aliphatic carbocycles. The summed E-state index contributed by atoms with van der Waals surface area (Å²) in [7, 11) is 0. The predicted molar refractivity (Wildman–Crippen MR) is 83.9 cm³/mol. The van der Waals surface area contributed by atoms with E-state index >= 15 is 0 Å². The zero-order chi connectivity index (χ0) is 13.4. The number of thiocarbonyl (C=S) groups is 1. The summed E-state index contributed by atoms with van der Waals surface area (Å²) in [6, 6.07) is 10.4. The molecule has 0 radical (unpaired) electrons. The van der Waals surface area contributed by atoms with Crippen molar-refractivity contribution < 1.29 is 0 Å². The lowest BCUT2D eigenvalue weighted by Crippen LogP contribution is -2.35. The fraction of sp³-hybridized carbons (Fsp3) is 0.533. The van der Waals surface area contributed by atoms with E-state index < -0.39 is 0 Å². The van der Waals surface area contributed by atoms with E-state index in [1.807, 2.05) is 30.3 Å². The lowest BCUT2D eigenvalue weighted by molar-refractivity contribution is 0.495. The second-order valence-corrected chi connectivity index (χ2v) is 5.60. The van der Waals surface area contributed by atoms with Crippen molar-refractivity contribution in [1.82, 2.24) is 5.32 Å². The van der Waals surface area contributed by atoms with Crippen LogP contribution in [0, 0.1) is 5.92 Å².